The molecule has 1 saturated heterocycles. The van der Waals surface area contributed by atoms with Crippen molar-refractivity contribution in [2.75, 3.05) is 19.6 Å². The van der Waals surface area contributed by atoms with Crippen molar-refractivity contribution in [3.63, 3.8) is 0 Å². The van der Waals surface area contributed by atoms with Gasteiger partial charge in [0.05, 0.1) is 5.92 Å². The Morgan fingerprint density at radius 3 is 2.21 bits per heavy atom. The zero-order chi connectivity index (χ0) is 10.8. The molecule has 82 valence electrons. The summed E-state index contributed by atoms with van der Waals surface area (Å²) in [5, 5.41) is 8.84. The third-order valence-corrected chi connectivity index (χ3v) is 2.63. The van der Waals surface area contributed by atoms with Crippen LogP contribution in [0.15, 0.2) is 0 Å². The number of aliphatic carboxylic acids is 1. The minimum Gasteiger partial charge on any atom is -0.481 e. The molecule has 0 saturated carbocycles. The lowest BCUT2D eigenvalue weighted by Gasteiger charge is -2.34. The zero-order valence-electron chi connectivity index (χ0n) is 9.42. The van der Waals surface area contributed by atoms with Crippen molar-refractivity contribution in [3.05, 3.63) is 0 Å². The van der Waals surface area contributed by atoms with Crippen LogP contribution >= 0.6 is 0 Å². The van der Waals surface area contributed by atoms with Gasteiger partial charge >= 0.3 is 5.97 Å². The largest absolute Gasteiger partial charge is 0.481 e. The smallest absolute Gasteiger partial charge is 0.306 e. The van der Waals surface area contributed by atoms with E-state index in [0.29, 0.717) is 5.41 Å². The molecule has 0 bridgehead atoms. The van der Waals surface area contributed by atoms with Gasteiger partial charge in [-0.3, -0.25) is 4.79 Å². The minimum atomic E-state index is -0.625. The van der Waals surface area contributed by atoms with E-state index in [9.17, 15) is 4.79 Å². The van der Waals surface area contributed by atoms with E-state index in [1.54, 1.807) is 0 Å². The van der Waals surface area contributed by atoms with E-state index in [1.807, 2.05) is 0 Å². The predicted molar refractivity (Wildman–Crippen MR) is 56.3 cm³/mol. The molecule has 0 radical (unpaired) electrons. The van der Waals surface area contributed by atoms with Gasteiger partial charge in [-0.25, -0.2) is 0 Å². The highest BCUT2D eigenvalue weighted by Crippen LogP contribution is 2.21. The fraction of sp³-hybridized carbons (Fsp3) is 0.909. The van der Waals surface area contributed by atoms with Crippen molar-refractivity contribution in [2.45, 2.75) is 33.6 Å². The molecule has 3 nitrogen and oxygen atoms in total. The van der Waals surface area contributed by atoms with Crippen LogP contribution in [0.2, 0.25) is 0 Å². The molecule has 0 aromatic carbocycles. The molecule has 0 spiro atoms. The van der Waals surface area contributed by atoms with E-state index in [0.717, 1.165) is 32.5 Å². The number of hydrogen-bond acceptors (Lipinski definition) is 2. The molecule has 14 heavy (non-hydrogen) atoms. The van der Waals surface area contributed by atoms with Crippen LogP contribution in [0.5, 0.6) is 0 Å². The van der Waals surface area contributed by atoms with E-state index < -0.39 is 5.97 Å². The van der Waals surface area contributed by atoms with Gasteiger partial charge in [0.25, 0.3) is 0 Å². The molecule has 3 heteroatoms. The molecule has 1 aliphatic rings. The van der Waals surface area contributed by atoms with E-state index in [2.05, 4.69) is 25.7 Å². The molecule has 0 unspecified atom stereocenters. The van der Waals surface area contributed by atoms with Crippen molar-refractivity contribution >= 4 is 5.97 Å². The second-order valence-corrected chi connectivity index (χ2v) is 5.45. The third-order valence-electron chi connectivity index (χ3n) is 2.63. The van der Waals surface area contributed by atoms with Gasteiger partial charge in [0.1, 0.15) is 0 Å². The van der Waals surface area contributed by atoms with Crippen LogP contribution in [0.3, 0.4) is 0 Å². The number of rotatable bonds is 2. The quantitative estimate of drug-likeness (QED) is 0.737. The molecular formula is C11H21NO2. The molecule has 0 amide bonds. The molecule has 0 aromatic heterocycles. The summed E-state index contributed by atoms with van der Waals surface area (Å²) in [4.78, 5) is 13.1. The maximum Gasteiger partial charge on any atom is 0.306 e. The average Bonchev–Trinajstić information content (AvgIpc) is 2.02. The Bertz CT molecular complexity index is 200. The molecule has 1 N–H and O–H groups in total. The highest BCUT2D eigenvalue weighted by atomic mass is 16.4. The Hall–Kier alpha value is -0.570. The first-order chi connectivity index (χ1) is 6.38. The summed E-state index contributed by atoms with van der Waals surface area (Å²) in [5.41, 5.74) is 0.316. The topological polar surface area (TPSA) is 40.5 Å². The van der Waals surface area contributed by atoms with Crippen LogP contribution in [0, 0.1) is 11.3 Å². The SMILES string of the molecule is CC(C)(C)CN1CCC(C(=O)O)CC1. The van der Waals surface area contributed by atoms with Crippen LogP contribution in [0.1, 0.15) is 33.6 Å². The first kappa shape index (κ1) is 11.5. The van der Waals surface area contributed by atoms with E-state index in [1.165, 1.54) is 0 Å². The fourth-order valence-corrected chi connectivity index (χ4v) is 2.01. The van der Waals surface area contributed by atoms with Gasteiger partial charge < -0.3 is 10.0 Å². The van der Waals surface area contributed by atoms with E-state index in [-0.39, 0.29) is 5.92 Å². The number of piperidine rings is 1. The Morgan fingerprint density at radius 2 is 1.86 bits per heavy atom. The zero-order valence-corrected chi connectivity index (χ0v) is 9.42. The molecular weight excluding hydrogens is 178 g/mol. The lowest BCUT2D eigenvalue weighted by molar-refractivity contribution is -0.143. The molecule has 1 heterocycles. The summed E-state index contributed by atoms with van der Waals surface area (Å²) in [7, 11) is 0. The molecule has 0 aromatic rings. The molecule has 1 fully saturated rings. The van der Waals surface area contributed by atoms with Crippen LogP contribution < -0.4 is 0 Å². The highest BCUT2D eigenvalue weighted by Gasteiger charge is 2.26. The van der Waals surface area contributed by atoms with Crippen molar-refractivity contribution < 1.29 is 9.90 Å². The average molecular weight is 199 g/mol. The lowest BCUT2D eigenvalue weighted by Crippen LogP contribution is -2.40. The molecule has 1 rings (SSSR count). The van der Waals surface area contributed by atoms with Gasteiger partial charge in [-0.2, -0.15) is 0 Å². The number of carboxylic acids is 1. The molecule has 1 aliphatic heterocycles. The number of carboxylic acid groups (broad SMARTS) is 1. The first-order valence-corrected chi connectivity index (χ1v) is 5.34. The van der Waals surface area contributed by atoms with E-state index >= 15 is 0 Å². The molecule has 0 aliphatic carbocycles. The Labute approximate surface area is 86.1 Å². The number of likely N-dealkylation sites (tertiary alicyclic amines) is 1. The third kappa shape index (κ3) is 3.66. The maximum atomic E-state index is 10.7. The first-order valence-electron chi connectivity index (χ1n) is 5.34. The summed E-state index contributed by atoms with van der Waals surface area (Å²) in [5.74, 6) is -0.730. The number of carbonyl (C=O) groups is 1. The van der Waals surface area contributed by atoms with Crippen molar-refractivity contribution in [3.8, 4) is 0 Å². The summed E-state index contributed by atoms with van der Waals surface area (Å²) in [6.45, 7) is 9.60. The van der Waals surface area contributed by atoms with Gasteiger partial charge in [-0.15, -0.1) is 0 Å². The van der Waals surface area contributed by atoms with Gasteiger partial charge in [-0.05, 0) is 31.3 Å². The minimum absolute atomic E-state index is 0.105. The van der Waals surface area contributed by atoms with Crippen LogP contribution in [-0.2, 0) is 4.79 Å². The standard InChI is InChI=1S/C11H21NO2/c1-11(2,3)8-12-6-4-9(5-7-12)10(13)14/h9H,4-8H2,1-3H3,(H,13,14). The number of hydrogen-bond donors (Lipinski definition) is 1. The van der Waals surface area contributed by atoms with Crippen molar-refractivity contribution in [2.24, 2.45) is 11.3 Å². The Kier molecular flexibility index (Phi) is 3.53. The van der Waals surface area contributed by atoms with Gasteiger partial charge in [0, 0.05) is 6.54 Å². The maximum absolute atomic E-state index is 10.7. The monoisotopic (exact) mass is 199 g/mol. The summed E-state index contributed by atoms with van der Waals surface area (Å²) in [6, 6.07) is 0. The Morgan fingerprint density at radius 1 is 1.36 bits per heavy atom. The highest BCUT2D eigenvalue weighted by molar-refractivity contribution is 5.70. The second kappa shape index (κ2) is 4.30. The van der Waals surface area contributed by atoms with E-state index in [4.69, 9.17) is 5.11 Å². The number of nitrogens with zero attached hydrogens (tertiary/aromatic N) is 1. The van der Waals surface area contributed by atoms with Crippen LogP contribution in [-0.4, -0.2) is 35.6 Å². The summed E-state index contributed by atoms with van der Waals surface area (Å²) < 4.78 is 0. The van der Waals surface area contributed by atoms with Crippen LogP contribution in [0.25, 0.3) is 0 Å². The fourth-order valence-electron chi connectivity index (χ4n) is 2.01. The van der Waals surface area contributed by atoms with Crippen molar-refractivity contribution in [1.29, 1.82) is 0 Å². The summed E-state index contributed by atoms with van der Waals surface area (Å²) >= 11 is 0. The second-order valence-electron chi connectivity index (χ2n) is 5.45. The summed E-state index contributed by atoms with van der Waals surface area (Å²) in [6.07, 6.45) is 1.62. The lowest BCUT2D eigenvalue weighted by atomic mass is 9.92. The Balaban J connectivity index is 2.33. The van der Waals surface area contributed by atoms with Gasteiger partial charge in [0.15, 0.2) is 0 Å². The normalized spacial score (nSPS) is 21.1. The van der Waals surface area contributed by atoms with Gasteiger partial charge in [-0.1, -0.05) is 20.8 Å². The van der Waals surface area contributed by atoms with Crippen molar-refractivity contribution in [1.82, 2.24) is 4.90 Å². The van der Waals surface area contributed by atoms with Crippen LogP contribution in [0.4, 0.5) is 0 Å². The molecule has 0 atom stereocenters. The van der Waals surface area contributed by atoms with Gasteiger partial charge in [0.2, 0.25) is 0 Å². The predicted octanol–water partition coefficient (Wildman–Crippen LogP) is 1.83.